The number of nitrogens with one attached hydrogen (secondary N) is 1. The van der Waals surface area contributed by atoms with Crippen molar-refractivity contribution < 1.29 is 9.90 Å². The highest BCUT2D eigenvalue weighted by Crippen LogP contribution is 2.29. The summed E-state index contributed by atoms with van der Waals surface area (Å²) in [7, 11) is 3.89. The molecule has 0 bridgehead atoms. The predicted octanol–water partition coefficient (Wildman–Crippen LogP) is 3.16. The molecule has 2 rings (SSSR count). The van der Waals surface area contributed by atoms with Crippen LogP contribution in [0.2, 0.25) is 0 Å². The molecule has 1 aromatic heterocycles. The number of benzene rings is 1. The molecule has 0 fully saturated rings. The van der Waals surface area contributed by atoms with Crippen molar-refractivity contribution in [2.75, 3.05) is 19.0 Å². The monoisotopic (exact) mass is 382 g/mol. The van der Waals surface area contributed by atoms with E-state index >= 15 is 0 Å². The van der Waals surface area contributed by atoms with Crippen molar-refractivity contribution in [2.24, 2.45) is 0 Å². The lowest BCUT2D eigenvalue weighted by Gasteiger charge is -2.14. The van der Waals surface area contributed by atoms with Gasteiger partial charge in [-0.25, -0.2) is 9.78 Å². The minimum absolute atomic E-state index is 0.156. The van der Waals surface area contributed by atoms with Gasteiger partial charge in [0.25, 0.3) is 0 Å². The topological polar surface area (TPSA) is 82.1 Å². The molecule has 0 unspecified atom stereocenters. The smallest absolute Gasteiger partial charge is 0.342 e. The largest absolute Gasteiger partial charge is 0.477 e. The average molecular weight is 383 g/mol. The molecule has 1 aromatic carbocycles. The summed E-state index contributed by atoms with van der Waals surface area (Å²) in [5.74, 6) is -0.370. The standard InChI is InChI=1S/C14H15BrN4O2S/c1-8-16-14(18-17-8)22-12(13(20)21)7-9-4-5-11(19(2)3)10(15)6-9/h4-7H,1-3H3,(H,20,21)(H,16,17,18)/b12-7-. The summed E-state index contributed by atoms with van der Waals surface area (Å²) in [5.41, 5.74) is 1.81. The summed E-state index contributed by atoms with van der Waals surface area (Å²) in [6.07, 6.45) is 1.60. The molecule has 0 saturated heterocycles. The Morgan fingerprint density at radius 1 is 1.45 bits per heavy atom. The minimum atomic E-state index is -1.01. The Balaban J connectivity index is 2.30. The molecule has 2 N–H and O–H groups in total. The zero-order valence-electron chi connectivity index (χ0n) is 12.3. The first-order valence-electron chi connectivity index (χ1n) is 6.35. The molecule has 0 aliphatic carbocycles. The summed E-state index contributed by atoms with van der Waals surface area (Å²) < 4.78 is 0.898. The first kappa shape index (κ1) is 16.6. The van der Waals surface area contributed by atoms with Gasteiger partial charge >= 0.3 is 5.97 Å². The molecule has 0 spiro atoms. The Kier molecular flexibility index (Phi) is 5.25. The van der Waals surface area contributed by atoms with E-state index in [1.807, 2.05) is 37.2 Å². The number of carboxylic acid groups (broad SMARTS) is 1. The lowest BCUT2D eigenvalue weighted by Crippen LogP contribution is -2.09. The van der Waals surface area contributed by atoms with Crippen LogP contribution in [0.1, 0.15) is 11.4 Å². The first-order chi connectivity index (χ1) is 10.4. The number of rotatable bonds is 5. The third kappa shape index (κ3) is 4.11. The molecule has 0 saturated carbocycles. The number of halogens is 1. The van der Waals surface area contributed by atoms with E-state index in [-0.39, 0.29) is 4.91 Å². The van der Waals surface area contributed by atoms with E-state index in [1.54, 1.807) is 13.0 Å². The molecule has 0 atom stereocenters. The van der Waals surface area contributed by atoms with Gasteiger partial charge in [0.1, 0.15) is 10.7 Å². The van der Waals surface area contributed by atoms with Gasteiger partial charge in [-0.2, -0.15) is 0 Å². The molecule has 0 radical (unpaired) electrons. The van der Waals surface area contributed by atoms with Crippen molar-refractivity contribution in [3.63, 3.8) is 0 Å². The molecule has 0 aliphatic heterocycles. The van der Waals surface area contributed by atoms with Crippen LogP contribution in [0.4, 0.5) is 5.69 Å². The first-order valence-corrected chi connectivity index (χ1v) is 7.96. The van der Waals surface area contributed by atoms with Gasteiger partial charge in [0.2, 0.25) is 5.16 Å². The normalized spacial score (nSPS) is 11.5. The van der Waals surface area contributed by atoms with Crippen LogP contribution in [-0.2, 0) is 4.79 Å². The van der Waals surface area contributed by atoms with Gasteiger partial charge < -0.3 is 10.0 Å². The van der Waals surface area contributed by atoms with Gasteiger partial charge in [0.05, 0.1) is 5.69 Å². The second kappa shape index (κ2) is 6.97. The number of hydrogen-bond donors (Lipinski definition) is 2. The van der Waals surface area contributed by atoms with Crippen molar-refractivity contribution in [1.82, 2.24) is 15.2 Å². The Labute approximate surface area is 140 Å². The number of carboxylic acids is 1. The lowest BCUT2D eigenvalue weighted by atomic mass is 10.2. The van der Waals surface area contributed by atoms with Gasteiger partial charge in [-0.3, -0.25) is 5.10 Å². The average Bonchev–Trinajstić information content (AvgIpc) is 2.83. The minimum Gasteiger partial charge on any atom is -0.477 e. The van der Waals surface area contributed by atoms with Crippen LogP contribution in [0.25, 0.3) is 6.08 Å². The maximum Gasteiger partial charge on any atom is 0.342 e. The Hall–Kier alpha value is -1.80. The maximum absolute atomic E-state index is 11.4. The van der Waals surface area contributed by atoms with Crippen molar-refractivity contribution >= 4 is 45.4 Å². The zero-order valence-corrected chi connectivity index (χ0v) is 14.7. The number of H-pyrrole nitrogens is 1. The van der Waals surface area contributed by atoms with Crippen LogP contribution in [0.15, 0.2) is 32.7 Å². The fourth-order valence-electron chi connectivity index (χ4n) is 1.73. The molecule has 2 aromatic rings. The number of nitrogens with zero attached hydrogens (tertiary/aromatic N) is 3. The summed E-state index contributed by atoms with van der Waals surface area (Å²) >= 11 is 4.50. The summed E-state index contributed by atoms with van der Waals surface area (Å²) in [4.78, 5) is 17.6. The van der Waals surface area contributed by atoms with Gasteiger partial charge in [-0.15, -0.1) is 5.10 Å². The number of aromatic amines is 1. The number of carbonyl (C=O) groups is 1. The van der Waals surface area contributed by atoms with E-state index in [0.29, 0.717) is 11.0 Å². The highest BCUT2D eigenvalue weighted by Gasteiger charge is 2.13. The van der Waals surface area contributed by atoms with Gasteiger partial charge in [-0.1, -0.05) is 6.07 Å². The Morgan fingerprint density at radius 3 is 2.68 bits per heavy atom. The van der Waals surface area contributed by atoms with E-state index in [2.05, 4.69) is 31.1 Å². The van der Waals surface area contributed by atoms with E-state index in [4.69, 9.17) is 0 Å². The fraction of sp³-hybridized carbons (Fsp3) is 0.214. The van der Waals surface area contributed by atoms with E-state index in [1.165, 1.54) is 0 Å². The van der Waals surface area contributed by atoms with Gasteiger partial charge in [0, 0.05) is 18.6 Å². The van der Waals surface area contributed by atoms with Crippen LogP contribution in [-0.4, -0.2) is 40.4 Å². The third-order valence-corrected chi connectivity index (χ3v) is 4.25. The van der Waals surface area contributed by atoms with Crippen molar-refractivity contribution in [3.05, 3.63) is 39.0 Å². The molecule has 6 nitrogen and oxygen atoms in total. The fourth-order valence-corrected chi connectivity index (χ4v) is 3.23. The quantitative estimate of drug-likeness (QED) is 0.610. The van der Waals surface area contributed by atoms with Crippen molar-refractivity contribution in [3.8, 4) is 0 Å². The van der Waals surface area contributed by atoms with Crippen LogP contribution in [0.3, 0.4) is 0 Å². The van der Waals surface area contributed by atoms with Crippen LogP contribution < -0.4 is 4.90 Å². The molecule has 1 heterocycles. The maximum atomic E-state index is 11.4. The second-order valence-corrected chi connectivity index (χ2v) is 6.59. The number of anilines is 1. The number of aryl methyl sites for hydroxylation is 1. The third-order valence-electron chi connectivity index (χ3n) is 2.74. The Bertz CT molecular complexity index is 727. The molecule has 22 heavy (non-hydrogen) atoms. The molecule has 0 amide bonds. The van der Waals surface area contributed by atoms with Crippen molar-refractivity contribution in [2.45, 2.75) is 12.1 Å². The lowest BCUT2D eigenvalue weighted by molar-refractivity contribution is -0.131. The van der Waals surface area contributed by atoms with E-state index < -0.39 is 5.97 Å². The number of aromatic nitrogens is 3. The number of hydrogen-bond acceptors (Lipinski definition) is 5. The van der Waals surface area contributed by atoms with E-state index in [0.717, 1.165) is 27.5 Å². The highest BCUT2D eigenvalue weighted by molar-refractivity contribution is 9.10. The van der Waals surface area contributed by atoms with E-state index in [9.17, 15) is 9.90 Å². The number of aliphatic carboxylic acids is 1. The van der Waals surface area contributed by atoms with Crippen molar-refractivity contribution in [1.29, 1.82) is 0 Å². The van der Waals surface area contributed by atoms with Gasteiger partial charge in [0.15, 0.2) is 0 Å². The summed E-state index contributed by atoms with van der Waals surface area (Å²) in [6, 6.07) is 5.67. The highest BCUT2D eigenvalue weighted by atomic mass is 79.9. The van der Waals surface area contributed by atoms with Crippen LogP contribution >= 0.6 is 27.7 Å². The van der Waals surface area contributed by atoms with Crippen LogP contribution in [0.5, 0.6) is 0 Å². The molecular formula is C14H15BrN4O2S. The molecule has 116 valence electrons. The number of thioether (sulfide) groups is 1. The summed E-state index contributed by atoms with van der Waals surface area (Å²) in [6.45, 7) is 1.76. The van der Waals surface area contributed by atoms with Crippen LogP contribution in [0, 0.1) is 6.92 Å². The molecule has 8 heteroatoms. The predicted molar refractivity (Wildman–Crippen MR) is 91.1 cm³/mol. The van der Waals surface area contributed by atoms with Gasteiger partial charge in [-0.05, 0) is 58.4 Å². The summed E-state index contributed by atoms with van der Waals surface area (Å²) in [5, 5.41) is 16.4. The molecule has 0 aliphatic rings. The SMILES string of the molecule is Cc1nc(S/C(=C\c2ccc(N(C)C)c(Br)c2)C(=O)O)n[nH]1. The Morgan fingerprint density at radius 2 is 2.18 bits per heavy atom. The molecular weight excluding hydrogens is 368 g/mol. The zero-order chi connectivity index (χ0) is 16.3. The second-order valence-electron chi connectivity index (χ2n) is 4.72.